The Balaban J connectivity index is 1.57. The Labute approximate surface area is 193 Å². The standard InChI is InChI=1S/C22H20AsClN3O3S/c1-31(29,30)27-13-12-17-15(14-27)6-5-9-18(17)23-20-11-10-19(24)21(26-20)22(28)25-16-7-3-2-4-8-16/h2-11H,12-14H2,1H3,(H,25,28). The second-order valence-corrected chi connectivity index (χ2v) is 12.0. The molecule has 1 radical (unpaired) electrons. The molecular weight excluding hydrogens is 497 g/mol. The van der Waals surface area contributed by atoms with E-state index in [1.54, 1.807) is 18.2 Å². The van der Waals surface area contributed by atoms with E-state index in [4.69, 9.17) is 11.6 Å². The van der Waals surface area contributed by atoms with Crippen molar-refractivity contribution in [2.75, 3.05) is 18.1 Å². The van der Waals surface area contributed by atoms with Crippen molar-refractivity contribution in [2.24, 2.45) is 0 Å². The van der Waals surface area contributed by atoms with Gasteiger partial charge in [-0.2, -0.15) is 0 Å². The van der Waals surface area contributed by atoms with E-state index in [9.17, 15) is 13.2 Å². The van der Waals surface area contributed by atoms with Crippen LogP contribution in [0.3, 0.4) is 0 Å². The molecule has 0 spiro atoms. The number of nitrogens with one attached hydrogen (secondary N) is 1. The Kier molecular flexibility index (Phi) is 6.49. The van der Waals surface area contributed by atoms with Crippen LogP contribution in [-0.4, -0.2) is 52.2 Å². The number of sulfonamides is 1. The molecule has 1 amide bonds. The topological polar surface area (TPSA) is 79.4 Å². The van der Waals surface area contributed by atoms with Gasteiger partial charge in [-0.15, -0.1) is 0 Å². The number of anilines is 1. The third-order valence-corrected chi connectivity index (χ3v) is 8.93. The normalized spacial score (nSPS) is 14.5. The van der Waals surface area contributed by atoms with Gasteiger partial charge in [-0.1, -0.05) is 0 Å². The summed E-state index contributed by atoms with van der Waals surface area (Å²) < 4.78 is 27.3. The molecule has 31 heavy (non-hydrogen) atoms. The summed E-state index contributed by atoms with van der Waals surface area (Å²) in [6, 6.07) is 18.7. The first-order chi connectivity index (χ1) is 14.8. The Morgan fingerprint density at radius 2 is 1.87 bits per heavy atom. The maximum atomic E-state index is 12.7. The van der Waals surface area contributed by atoms with Crippen molar-refractivity contribution in [3.8, 4) is 0 Å². The first kappa shape index (κ1) is 22.0. The van der Waals surface area contributed by atoms with E-state index in [2.05, 4.69) is 16.4 Å². The van der Waals surface area contributed by atoms with Gasteiger partial charge in [0.1, 0.15) is 0 Å². The van der Waals surface area contributed by atoms with E-state index in [-0.39, 0.29) is 11.6 Å². The molecule has 1 aromatic heterocycles. The van der Waals surface area contributed by atoms with Crippen molar-refractivity contribution in [1.29, 1.82) is 0 Å². The number of aromatic nitrogens is 1. The number of nitrogens with zero attached hydrogens (tertiary/aromatic N) is 2. The zero-order valence-corrected chi connectivity index (χ0v) is 20.2. The molecular formula is C22H20AsClN3O3S. The predicted octanol–water partition coefficient (Wildman–Crippen LogP) is 1.96. The van der Waals surface area contributed by atoms with Crippen LogP contribution < -0.4 is 14.1 Å². The minimum absolute atomic E-state index is 0.200. The fourth-order valence-electron chi connectivity index (χ4n) is 3.44. The van der Waals surface area contributed by atoms with E-state index in [0.29, 0.717) is 30.2 Å². The number of benzene rings is 2. The quantitative estimate of drug-likeness (QED) is 0.526. The summed E-state index contributed by atoms with van der Waals surface area (Å²) in [5.41, 5.74) is 3.10. The number of hydrogen-bond donors (Lipinski definition) is 1. The van der Waals surface area contributed by atoms with Crippen LogP contribution in [0.25, 0.3) is 0 Å². The van der Waals surface area contributed by atoms with Crippen molar-refractivity contribution in [3.05, 3.63) is 82.5 Å². The molecule has 159 valence electrons. The number of para-hydroxylation sites is 1. The fraction of sp³-hybridized carbons (Fsp3) is 0.182. The number of carbonyl (C=O) groups is 1. The van der Waals surface area contributed by atoms with E-state index in [1.807, 2.05) is 36.4 Å². The van der Waals surface area contributed by atoms with Gasteiger partial charge in [-0.05, 0) is 0 Å². The molecule has 0 atom stereocenters. The molecule has 0 unspecified atom stereocenters. The van der Waals surface area contributed by atoms with Gasteiger partial charge in [0.05, 0.1) is 0 Å². The van der Waals surface area contributed by atoms with Crippen LogP contribution in [0.1, 0.15) is 21.6 Å². The molecule has 1 N–H and O–H groups in total. The summed E-state index contributed by atoms with van der Waals surface area (Å²) in [6.45, 7) is 0.866. The Bertz CT molecular complexity index is 1240. The molecule has 9 heteroatoms. The number of pyridine rings is 1. The molecule has 6 nitrogen and oxygen atoms in total. The second kappa shape index (κ2) is 9.13. The SMILES string of the molecule is CS(=O)(=O)N1CCc2c(cccc2[As]c2ccc(Cl)c(C(=O)Nc3ccccc3)n2)C1. The van der Waals surface area contributed by atoms with Gasteiger partial charge in [-0.3, -0.25) is 0 Å². The Hall–Kier alpha value is -2.18. The molecule has 4 rings (SSSR count). The minimum atomic E-state index is -3.22. The van der Waals surface area contributed by atoms with Crippen molar-refractivity contribution < 1.29 is 13.2 Å². The average Bonchev–Trinajstić information content (AvgIpc) is 2.75. The van der Waals surface area contributed by atoms with Gasteiger partial charge in [-0.25, -0.2) is 0 Å². The average molecular weight is 517 g/mol. The summed E-state index contributed by atoms with van der Waals surface area (Å²) in [5.74, 6) is -0.349. The van der Waals surface area contributed by atoms with Gasteiger partial charge >= 0.3 is 194 Å². The number of halogens is 1. The first-order valence-electron chi connectivity index (χ1n) is 9.62. The van der Waals surface area contributed by atoms with Crippen LogP contribution in [0, 0.1) is 0 Å². The monoisotopic (exact) mass is 516 g/mol. The third-order valence-electron chi connectivity index (χ3n) is 4.99. The van der Waals surface area contributed by atoms with E-state index in [0.717, 1.165) is 10.0 Å². The molecule has 1 aliphatic rings. The summed E-state index contributed by atoms with van der Waals surface area (Å²) in [7, 11) is -3.22. The van der Waals surface area contributed by atoms with Gasteiger partial charge in [0.25, 0.3) is 0 Å². The molecule has 0 bridgehead atoms. The van der Waals surface area contributed by atoms with Crippen LogP contribution in [-0.2, 0) is 23.0 Å². The molecule has 0 saturated carbocycles. The van der Waals surface area contributed by atoms with Crippen molar-refractivity contribution >= 4 is 57.8 Å². The zero-order valence-electron chi connectivity index (χ0n) is 16.7. The molecule has 0 aliphatic carbocycles. The van der Waals surface area contributed by atoms with Crippen molar-refractivity contribution in [1.82, 2.24) is 9.29 Å². The van der Waals surface area contributed by atoms with Crippen molar-refractivity contribution in [3.63, 3.8) is 0 Å². The van der Waals surface area contributed by atoms with Crippen LogP contribution in [0.2, 0.25) is 5.02 Å². The zero-order chi connectivity index (χ0) is 22.0. The number of amides is 1. The summed E-state index contributed by atoms with van der Waals surface area (Å²) in [6.07, 6.45) is 1.91. The van der Waals surface area contributed by atoms with Crippen molar-refractivity contribution in [2.45, 2.75) is 13.0 Å². The fourth-order valence-corrected chi connectivity index (χ4v) is 6.73. The third kappa shape index (κ3) is 5.18. The van der Waals surface area contributed by atoms with E-state index >= 15 is 0 Å². The second-order valence-electron chi connectivity index (χ2n) is 7.19. The maximum absolute atomic E-state index is 12.7. The molecule has 1 aliphatic heterocycles. The summed E-state index contributed by atoms with van der Waals surface area (Å²) in [4.78, 5) is 17.3. The van der Waals surface area contributed by atoms with E-state index < -0.39 is 25.8 Å². The summed E-state index contributed by atoms with van der Waals surface area (Å²) in [5, 5.41) is 3.12. The predicted molar refractivity (Wildman–Crippen MR) is 124 cm³/mol. The van der Waals surface area contributed by atoms with Crippen LogP contribution >= 0.6 is 11.6 Å². The molecule has 0 saturated heterocycles. The number of rotatable bonds is 5. The number of hydrogen-bond acceptors (Lipinski definition) is 4. The molecule has 2 heterocycles. The van der Waals surface area contributed by atoms with Gasteiger partial charge in [0, 0.05) is 0 Å². The first-order valence-corrected chi connectivity index (χ1v) is 13.7. The molecule has 0 fully saturated rings. The molecule has 3 aromatic rings. The van der Waals surface area contributed by atoms with Crippen LogP contribution in [0.5, 0.6) is 0 Å². The van der Waals surface area contributed by atoms with Gasteiger partial charge in [0.2, 0.25) is 0 Å². The number of carbonyl (C=O) groups excluding carboxylic acids is 1. The van der Waals surface area contributed by atoms with Gasteiger partial charge < -0.3 is 0 Å². The Morgan fingerprint density at radius 1 is 1.10 bits per heavy atom. The van der Waals surface area contributed by atoms with Crippen LogP contribution in [0.4, 0.5) is 5.69 Å². The van der Waals surface area contributed by atoms with Gasteiger partial charge in [0.15, 0.2) is 0 Å². The summed E-state index contributed by atoms with van der Waals surface area (Å²) >= 11 is 5.77. The Morgan fingerprint density at radius 3 is 2.61 bits per heavy atom. The number of fused-ring (bicyclic) bond motifs is 1. The van der Waals surface area contributed by atoms with Crippen LogP contribution in [0.15, 0.2) is 60.7 Å². The van der Waals surface area contributed by atoms with E-state index in [1.165, 1.54) is 20.5 Å². The molecule has 2 aromatic carbocycles.